The van der Waals surface area contributed by atoms with Gasteiger partial charge in [-0.2, -0.15) is 0 Å². The molecule has 1 heterocycles. The van der Waals surface area contributed by atoms with Crippen LogP contribution in [0.5, 0.6) is 5.75 Å². The van der Waals surface area contributed by atoms with Gasteiger partial charge in [-0.3, -0.25) is 9.78 Å². The van der Waals surface area contributed by atoms with E-state index in [2.05, 4.69) is 25.9 Å². The van der Waals surface area contributed by atoms with Gasteiger partial charge in [0.15, 0.2) is 5.96 Å². The summed E-state index contributed by atoms with van der Waals surface area (Å²) in [6.45, 7) is 4.38. The second-order valence-corrected chi connectivity index (χ2v) is 5.47. The minimum Gasteiger partial charge on any atom is -0.497 e. The van der Waals surface area contributed by atoms with E-state index < -0.39 is 0 Å². The third kappa shape index (κ3) is 8.25. The van der Waals surface area contributed by atoms with Gasteiger partial charge in [0.05, 0.1) is 19.2 Å². The van der Waals surface area contributed by atoms with E-state index in [4.69, 9.17) is 4.74 Å². The van der Waals surface area contributed by atoms with Crippen molar-refractivity contribution in [2.75, 3.05) is 26.7 Å². The normalized spacial score (nSPS) is 10.5. The lowest BCUT2D eigenvalue weighted by Gasteiger charge is -2.12. The second-order valence-electron chi connectivity index (χ2n) is 5.47. The van der Waals surface area contributed by atoms with Crippen molar-refractivity contribution < 1.29 is 9.53 Å². The first-order chi connectivity index (χ1) is 12.7. The van der Waals surface area contributed by atoms with E-state index in [1.807, 2.05) is 31.2 Å². The molecule has 0 bridgehead atoms. The number of rotatable bonds is 8. The average molecular weight is 483 g/mol. The summed E-state index contributed by atoms with van der Waals surface area (Å²) in [6, 6.07) is 11.3. The third-order valence-electron chi connectivity index (χ3n) is 3.55. The van der Waals surface area contributed by atoms with Crippen LogP contribution in [0.4, 0.5) is 0 Å². The molecule has 2 aromatic rings. The molecule has 0 atom stereocenters. The molecule has 8 heteroatoms. The van der Waals surface area contributed by atoms with Gasteiger partial charge in [0, 0.05) is 32.0 Å². The summed E-state index contributed by atoms with van der Waals surface area (Å²) in [7, 11) is 1.65. The first-order valence-corrected chi connectivity index (χ1v) is 8.56. The minimum absolute atomic E-state index is 0. The van der Waals surface area contributed by atoms with Crippen molar-refractivity contribution in [1.82, 2.24) is 20.9 Å². The fourth-order valence-electron chi connectivity index (χ4n) is 2.20. The van der Waals surface area contributed by atoms with Crippen molar-refractivity contribution in [1.29, 1.82) is 0 Å². The largest absolute Gasteiger partial charge is 0.497 e. The van der Waals surface area contributed by atoms with Crippen LogP contribution in [0.25, 0.3) is 0 Å². The summed E-state index contributed by atoms with van der Waals surface area (Å²) in [4.78, 5) is 20.4. The molecule has 0 aliphatic heterocycles. The molecule has 146 valence electrons. The second kappa shape index (κ2) is 12.9. The number of amides is 1. The maximum atomic E-state index is 11.9. The number of carbonyl (C=O) groups excluding carboxylic acids is 1. The number of benzene rings is 1. The van der Waals surface area contributed by atoms with Crippen LogP contribution in [0, 0.1) is 0 Å². The van der Waals surface area contributed by atoms with Gasteiger partial charge < -0.3 is 20.7 Å². The summed E-state index contributed by atoms with van der Waals surface area (Å²) in [5, 5.41) is 9.24. The van der Waals surface area contributed by atoms with Gasteiger partial charge in [0.1, 0.15) is 5.75 Å². The number of halogens is 1. The smallest absolute Gasteiger partial charge is 0.252 e. The van der Waals surface area contributed by atoms with Crippen molar-refractivity contribution in [3.63, 3.8) is 0 Å². The highest BCUT2D eigenvalue weighted by atomic mass is 127. The van der Waals surface area contributed by atoms with Gasteiger partial charge in [0.2, 0.25) is 0 Å². The van der Waals surface area contributed by atoms with Crippen LogP contribution < -0.4 is 20.7 Å². The van der Waals surface area contributed by atoms with Gasteiger partial charge in [-0.05, 0) is 36.8 Å². The number of carbonyl (C=O) groups is 1. The van der Waals surface area contributed by atoms with Crippen molar-refractivity contribution in [2.45, 2.75) is 13.5 Å². The Labute approximate surface area is 177 Å². The number of hydrogen-bond acceptors (Lipinski definition) is 4. The van der Waals surface area contributed by atoms with E-state index in [1.165, 1.54) is 0 Å². The van der Waals surface area contributed by atoms with Crippen molar-refractivity contribution in [3.8, 4) is 5.75 Å². The lowest BCUT2D eigenvalue weighted by atomic mass is 10.2. The van der Waals surface area contributed by atoms with E-state index >= 15 is 0 Å². The van der Waals surface area contributed by atoms with Crippen LogP contribution in [0.3, 0.4) is 0 Å². The molecule has 0 radical (unpaired) electrons. The zero-order valence-electron chi connectivity index (χ0n) is 15.6. The number of aromatic nitrogens is 1. The summed E-state index contributed by atoms with van der Waals surface area (Å²) in [6.07, 6.45) is 3.18. The van der Waals surface area contributed by atoms with Crippen LogP contribution in [0.2, 0.25) is 0 Å². The molecular formula is C19H26IN5O2. The lowest BCUT2D eigenvalue weighted by Crippen LogP contribution is -2.41. The fraction of sp³-hybridized carbons (Fsp3) is 0.316. The van der Waals surface area contributed by atoms with E-state index in [-0.39, 0.29) is 29.9 Å². The highest BCUT2D eigenvalue weighted by molar-refractivity contribution is 14.0. The van der Waals surface area contributed by atoms with Gasteiger partial charge >= 0.3 is 0 Å². The Morgan fingerprint density at radius 2 is 1.85 bits per heavy atom. The first kappa shape index (κ1) is 22.7. The number of hydrogen-bond donors (Lipinski definition) is 3. The van der Waals surface area contributed by atoms with Gasteiger partial charge in [-0.1, -0.05) is 12.1 Å². The first-order valence-electron chi connectivity index (χ1n) is 8.56. The molecule has 1 aromatic carbocycles. The molecule has 0 saturated heterocycles. The zero-order valence-corrected chi connectivity index (χ0v) is 17.9. The summed E-state index contributed by atoms with van der Waals surface area (Å²) in [5.41, 5.74) is 1.64. The summed E-state index contributed by atoms with van der Waals surface area (Å²) < 4.78 is 5.15. The molecule has 1 aromatic heterocycles. The molecule has 0 unspecified atom stereocenters. The summed E-state index contributed by atoms with van der Waals surface area (Å²) >= 11 is 0. The predicted octanol–water partition coefficient (Wildman–Crippen LogP) is 2.19. The molecule has 3 N–H and O–H groups in total. The topological polar surface area (TPSA) is 87.6 Å². The maximum absolute atomic E-state index is 11.9. The zero-order chi connectivity index (χ0) is 18.6. The average Bonchev–Trinajstić information content (AvgIpc) is 2.70. The highest BCUT2D eigenvalue weighted by Gasteiger charge is 2.04. The Morgan fingerprint density at radius 1 is 1.11 bits per heavy atom. The number of nitrogens with one attached hydrogen (secondary N) is 3. The Balaban J connectivity index is 0.00000364. The molecule has 0 fully saturated rings. The number of nitrogens with zero attached hydrogens (tertiary/aromatic N) is 2. The van der Waals surface area contributed by atoms with Gasteiger partial charge in [-0.15, -0.1) is 24.0 Å². The van der Waals surface area contributed by atoms with Crippen molar-refractivity contribution in [2.24, 2.45) is 4.99 Å². The molecule has 0 saturated carbocycles. The molecule has 1 amide bonds. The third-order valence-corrected chi connectivity index (χ3v) is 3.55. The van der Waals surface area contributed by atoms with Crippen LogP contribution >= 0.6 is 24.0 Å². The predicted molar refractivity (Wildman–Crippen MR) is 118 cm³/mol. The summed E-state index contributed by atoms with van der Waals surface area (Å²) in [5.74, 6) is 1.39. The Morgan fingerprint density at radius 3 is 2.48 bits per heavy atom. The quantitative estimate of drug-likeness (QED) is 0.232. The van der Waals surface area contributed by atoms with Gasteiger partial charge in [0.25, 0.3) is 5.91 Å². The Bertz CT molecular complexity index is 708. The molecule has 7 nitrogen and oxygen atoms in total. The van der Waals surface area contributed by atoms with E-state index in [1.54, 1.807) is 31.6 Å². The molecule has 0 spiro atoms. The number of methoxy groups -OCH3 is 1. The number of pyridine rings is 1. The monoisotopic (exact) mass is 483 g/mol. The SMILES string of the molecule is CCNC(=NCc1ccc(OC)cc1)NCCNC(=O)c1cccnc1.I. The molecule has 2 rings (SSSR count). The Hall–Kier alpha value is -2.36. The fourth-order valence-corrected chi connectivity index (χ4v) is 2.20. The lowest BCUT2D eigenvalue weighted by molar-refractivity contribution is 0.0954. The number of ether oxygens (including phenoxy) is 1. The Kier molecular flexibility index (Phi) is 10.8. The van der Waals surface area contributed by atoms with E-state index in [0.717, 1.165) is 17.9 Å². The van der Waals surface area contributed by atoms with Crippen LogP contribution in [-0.4, -0.2) is 43.6 Å². The number of aliphatic imine (C=N–C) groups is 1. The molecule has 0 aliphatic rings. The van der Waals surface area contributed by atoms with E-state index in [0.29, 0.717) is 31.2 Å². The van der Waals surface area contributed by atoms with Crippen LogP contribution in [-0.2, 0) is 6.54 Å². The van der Waals surface area contributed by atoms with Crippen LogP contribution in [0.1, 0.15) is 22.8 Å². The van der Waals surface area contributed by atoms with Crippen LogP contribution in [0.15, 0.2) is 53.8 Å². The number of guanidine groups is 1. The molecule has 0 aliphatic carbocycles. The van der Waals surface area contributed by atoms with Crippen molar-refractivity contribution >= 4 is 35.8 Å². The standard InChI is InChI=1S/C19H25N5O2.HI/c1-3-21-19(24-13-15-6-8-17(26-2)9-7-15)23-12-11-22-18(25)16-5-4-10-20-14-16;/h4-10,14H,3,11-13H2,1-2H3,(H,22,25)(H2,21,23,24);1H. The molecular weight excluding hydrogens is 457 g/mol. The molecule has 27 heavy (non-hydrogen) atoms. The minimum atomic E-state index is -0.139. The highest BCUT2D eigenvalue weighted by Crippen LogP contribution is 2.11. The van der Waals surface area contributed by atoms with Gasteiger partial charge in [-0.25, -0.2) is 4.99 Å². The van der Waals surface area contributed by atoms with E-state index in [9.17, 15) is 4.79 Å². The maximum Gasteiger partial charge on any atom is 0.252 e. The van der Waals surface area contributed by atoms with Crippen molar-refractivity contribution in [3.05, 3.63) is 59.9 Å².